The first-order valence-corrected chi connectivity index (χ1v) is 8.67. The van der Waals surface area contributed by atoms with E-state index >= 15 is 0 Å². The van der Waals surface area contributed by atoms with Gasteiger partial charge in [0, 0.05) is 44.8 Å². The van der Waals surface area contributed by atoms with E-state index in [2.05, 4.69) is 16.3 Å². The number of carbonyl (C=O) groups excluding carboxylic acids is 1. The summed E-state index contributed by atoms with van der Waals surface area (Å²) >= 11 is 0. The maximum atomic E-state index is 12.7. The topological polar surface area (TPSA) is 54.0 Å². The molecule has 2 aliphatic heterocycles. The molecule has 2 aliphatic rings. The molecule has 24 heavy (non-hydrogen) atoms. The van der Waals surface area contributed by atoms with Gasteiger partial charge in [0.2, 0.25) is 5.91 Å². The Hall–Kier alpha value is -1.63. The van der Waals surface area contributed by atoms with Gasteiger partial charge in [-0.3, -0.25) is 9.69 Å². The van der Waals surface area contributed by atoms with Crippen LogP contribution in [0.4, 0.5) is 0 Å². The fourth-order valence-electron chi connectivity index (χ4n) is 3.41. The van der Waals surface area contributed by atoms with E-state index < -0.39 is 0 Å². The molecule has 1 amide bonds. The maximum absolute atomic E-state index is 12.7. The van der Waals surface area contributed by atoms with E-state index in [0.29, 0.717) is 6.61 Å². The van der Waals surface area contributed by atoms with Crippen molar-refractivity contribution in [1.29, 1.82) is 0 Å². The summed E-state index contributed by atoms with van der Waals surface area (Å²) in [6.45, 7) is 7.53. The van der Waals surface area contributed by atoms with Crippen LogP contribution in [-0.2, 0) is 16.1 Å². The molecule has 2 heterocycles. The van der Waals surface area contributed by atoms with Crippen LogP contribution in [0.15, 0.2) is 24.3 Å². The molecule has 2 atom stereocenters. The lowest BCUT2D eigenvalue weighted by atomic mass is 10.1. The molecule has 6 heteroatoms. The Bertz CT molecular complexity index is 558. The highest BCUT2D eigenvalue weighted by atomic mass is 16.5. The summed E-state index contributed by atoms with van der Waals surface area (Å²) in [6, 6.07) is 7.90. The number of methoxy groups -OCH3 is 1. The van der Waals surface area contributed by atoms with E-state index in [-0.39, 0.29) is 18.1 Å². The standard InChI is InChI=1S/C18H27N3O3/c1-14-17(19-7-12-24-14)18(22)21-10-8-20(9-11-21)13-15-5-3-4-6-16(15)23-2/h3-6,14,17,19H,7-13H2,1-2H3/t14-,17+/m1/s1. The molecular formula is C18H27N3O3. The Labute approximate surface area is 143 Å². The fraction of sp³-hybridized carbons (Fsp3) is 0.611. The highest BCUT2D eigenvalue weighted by Crippen LogP contribution is 2.20. The average Bonchev–Trinajstić information content (AvgIpc) is 2.63. The zero-order chi connectivity index (χ0) is 16.9. The normalized spacial score (nSPS) is 25.5. The summed E-state index contributed by atoms with van der Waals surface area (Å²) in [4.78, 5) is 17.0. The largest absolute Gasteiger partial charge is 0.496 e. The predicted molar refractivity (Wildman–Crippen MR) is 92.1 cm³/mol. The van der Waals surface area contributed by atoms with Crippen molar-refractivity contribution >= 4 is 5.91 Å². The summed E-state index contributed by atoms with van der Waals surface area (Å²) in [5, 5.41) is 3.29. The summed E-state index contributed by atoms with van der Waals surface area (Å²) in [6.07, 6.45) is -0.0575. The third-order valence-corrected chi connectivity index (χ3v) is 4.85. The van der Waals surface area contributed by atoms with Crippen LogP contribution in [-0.4, -0.2) is 74.3 Å². The monoisotopic (exact) mass is 333 g/mol. The Morgan fingerprint density at radius 1 is 1.29 bits per heavy atom. The highest BCUT2D eigenvalue weighted by molar-refractivity contribution is 5.82. The molecule has 0 aliphatic carbocycles. The van der Waals surface area contributed by atoms with Crippen LogP contribution in [0, 0.1) is 0 Å². The van der Waals surface area contributed by atoms with Crippen LogP contribution in [0.1, 0.15) is 12.5 Å². The first-order chi connectivity index (χ1) is 11.7. The lowest BCUT2D eigenvalue weighted by molar-refractivity contribution is -0.141. The van der Waals surface area contributed by atoms with Gasteiger partial charge in [-0.25, -0.2) is 0 Å². The predicted octanol–water partition coefficient (Wildman–Crippen LogP) is 0.716. The van der Waals surface area contributed by atoms with E-state index in [1.807, 2.05) is 30.0 Å². The van der Waals surface area contributed by atoms with E-state index in [0.717, 1.165) is 45.0 Å². The van der Waals surface area contributed by atoms with Crippen molar-refractivity contribution in [2.24, 2.45) is 0 Å². The van der Waals surface area contributed by atoms with Crippen LogP contribution in [0.2, 0.25) is 0 Å². The number of nitrogens with zero attached hydrogens (tertiary/aromatic N) is 2. The third-order valence-electron chi connectivity index (χ3n) is 4.85. The molecular weight excluding hydrogens is 306 g/mol. The zero-order valence-electron chi connectivity index (χ0n) is 14.5. The molecule has 3 rings (SSSR count). The van der Waals surface area contributed by atoms with E-state index in [4.69, 9.17) is 9.47 Å². The van der Waals surface area contributed by atoms with E-state index in [9.17, 15) is 4.79 Å². The molecule has 0 spiro atoms. The molecule has 1 aromatic carbocycles. The molecule has 0 unspecified atom stereocenters. The molecule has 6 nitrogen and oxygen atoms in total. The van der Waals surface area contributed by atoms with Gasteiger partial charge in [0.25, 0.3) is 0 Å². The van der Waals surface area contributed by atoms with E-state index in [1.54, 1.807) is 7.11 Å². The Morgan fingerprint density at radius 3 is 2.75 bits per heavy atom. The number of rotatable bonds is 4. The van der Waals surface area contributed by atoms with Crippen LogP contribution in [0.25, 0.3) is 0 Å². The van der Waals surface area contributed by atoms with Crippen molar-refractivity contribution in [3.05, 3.63) is 29.8 Å². The zero-order valence-corrected chi connectivity index (χ0v) is 14.5. The number of para-hydroxylation sites is 1. The molecule has 2 fully saturated rings. The maximum Gasteiger partial charge on any atom is 0.242 e. The molecule has 1 aromatic rings. The summed E-state index contributed by atoms with van der Waals surface area (Å²) in [5.74, 6) is 1.09. The Morgan fingerprint density at radius 2 is 2.04 bits per heavy atom. The number of benzene rings is 1. The van der Waals surface area contributed by atoms with Gasteiger partial charge in [-0.1, -0.05) is 18.2 Å². The van der Waals surface area contributed by atoms with E-state index in [1.165, 1.54) is 5.56 Å². The quantitative estimate of drug-likeness (QED) is 0.880. The third kappa shape index (κ3) is 3.88. The van der Waals surface area contributed by atoms with Gasteiger partial charge in [-0.15, -0.1) is 0 Å². The number of nitrogens with one attached hydrogen (secondary N) is 1. The van der Waals surface area contributed by atoms with Gasteiger partial charge in [-0.2, -0.15) is 0 Å². The Kier molecular flexibility index (Phi) is 5.71. The van der Waals surface area contributed by atoms with Gasteiger partial charge in [0.1, 0.15) is 11.8 Å². The molecule has 0 saturated carbocycles. The van der Waals surface area contributed by atoms with Crippen LogP contribution in [0.5, 0.6) is 5.75 Å². The molecule has 132 valence electrons. The first-order valence-electron chi connectivity index (χ1n) is 8.67. The smallest absolute Gasteiger partial charge is 0.242 e. The van der Waals surface area contributed by atoms with Crippen LogP contribution < -0.4 is 10.1 Å². The van der Waals surface area contributed by atoms with Gasteiger partial charge in [0.05, 0.1) is 19.8 Å². The minimum atomic E-state index is -0.209. The summed E-state index contributed by atoms with van der Waals surface area (Å²) in [5.41, 5.74) is 1.19. The number of morpholine rings is 1. The summed E-state index contributed by atoms with van der Waals surface area (Å²) in [7, 11) is 1.70. The Balaban J connectivity index is 1.53. The number of amides is 1. The van der Waals surface area contributed by atoms with Crippen molar-refractivity contribution < 1.29 is 14.3 Å². The lowest BCUT2D eigenvalue weighted by Crippen LogP contribution is -2.59. The molecule has 1 N–H and O–H groups in total. The van der Waals surface area contributed by atoms with Crippen molar-refractivity contribution in [3.8, 4) is 5.75 Å². The highest BCUT2D eigenvalue weighted by Gasteiger charge is 2.33. The first kappa shape index (κ1) is 17.2. The molecule has 0 aromatic heterocycles. The van der Waals surface area contributed by atoms with Crippen molar-refractivity contribution in [1.82, 2.24) is 15.1 Å². The lowest BCUT2D eigenvalue weighted by Gasteiger charge is -2.38. The fourth-order valence-corrected chi connectivity index (χ4v) is 3.41. The average molecular weight is 333 g/mol. The van der Waals surface area contributed by atoms with Crippen molar-refractivity contribution in [2.45, 2.75) is 25.6 Å². The van der Waals surface area contributed by atoms with Crippen LogP contribution >= 0.6 is 0 Å². The SMILES string of the molecule is COc1ccccc1CN1CCN(C(=O)[C@H]2NCCO[C@@H]2C)CC1. The number of hydrogen-bond acceptors (Lipinski definition) is 5. The second kappa shape index (κ2) is 7.96. The van der Waals surface area contributed by atoms with Gasteiger partial charge < -0.3 is 19.7 Å². The number of ether oxygens (including phenoxy) is 2. The van der Waals surface area contributed by atoms with Gasteiger partial charge >= 0.3 is 0 Å². The minimum Gasteiger partial charge on any atom is -0.496 e. The number of piperazine rings is 1. The minimum absolute atomic E-state index is 0.0575. The van der Waals surface area contributed by atoms with Crippen molar-refractivity contribution in [2.75, 3.05) is 46.4 Å². The van der Waals surface area contributed by atoms with Crippen molar-refractivity contribution in [3.63, 3.8) is 0 Å². The second-order valence-electron chi connectivity index (χ2n) is 6.42. The molecule has 0 bridgehead atoms. The number of carbonyl (C=O) groups is 1. The molecule has 0 radical (unpaired) electrons. The van der Waals surface area contributed by atoms with Crippen LogP contribution in [0.3, 0.4) is 0 Å². The van der Waals surface area contributed by atoms with Gasteiger partial charge in [0.15, 0.2) is 0 Å². The van der Waals surface area contributed by atoms with Gasteiger partial charge in [-0.05, 0) is 13.0 Å². The molecule has 2 saturated heterocycles. The number of hydrogen-bond donors (Lipinski definition) is 1. The second-order valence-corrected chi connectivity index (χ2v) is 6.42. The summed E-state index contributed by atoms with van der Waals surface area (Å²) < 4.78 is 11.0.